The first-order valence-electron chi connectivity index (χ1n) is 21.0. The first-order valence-corrected chi connectivity index (χ1v) is 22.2. The first-order chi connectivity index (χ1) is 22.2. The number of hydrogen-bond acceptors (Lipinski definition) is 2. The van der Waals surface area contributed by atoms with Crippen LogP contribution < -0.4 is 5.32 Å². The Morgan fingerprint density at radius 2 is 1.59 bits per heavy atom. The lowest BCUT2D eigenvalue weighted by Gasteiger charge is -2.40. The summed E-state index contributed by atoms with van der Waals surface area (Å²) < 4.78 is 0.927. The summed E-state index contributed by atoms with van der Waals surface area (Å²) >= 11 is 2.70. The molecule has 3 heteroatoms. The molecule has 0 bridgehead atoms. The molecule has 0 heterocycles. The third kappa shape index (κ3) is 12.3. The normalized spacial score (nSPS) is 28.8. The van der Waals surface area contributed by atoms with Gasteiger partial charge < -0.3 is 10.4 Å². The van der Waals surface area contributed by atoms with E-state index in [1.54, 1.807) is 0 Å². The zero-order chi connectivity index (χ0) is 32.9. The molecule has 2 unspecified atom stereocenters. The zero-order valence-corrected chi connectivity index (χ0v) is 33.5. The van der Waals surface area contributed by atoms with Gasteiger partial charge in [-0.25, -0.2) is 0 Å². The zero-order valence-electron chi connectivity index (χ0n) is 31.4. The number of halogens is 1. The highest BCUT2D eigenvalue weighted by atomic mass is 127. The largest absolute Gasteiger partial charge is 0.389 e. The number of aliphatic hydroxyl groups excluding tert-OH is 1. The Kier molecular flexibility index (Phi) is 17.3. The Morgan fingerprint density at radius 3 is 2.22 bits per heavy atom. The maximum Gasteiger partial charge on any atom is 0.0752 e. The highest BCUT2D eigenvalue weighted by molar-refractivity contribution is 14.1. The number of hydrogen-bond donors (Lipinski definition) is 2. The summed E-state index contributed by atoms with van der Waals surface area (Å²) in [5.41, 5.74) is 2.02. The van der Waals surface area contributed by atoms with Gasteiger partial charge in [0.05, 0.1) is 6.10 Å². The van der Waals surface area contributed by atoms with Crippen molar-refractivity contribution in [1.82, 2.24) is 5.32 Å². The second kappa shape index (κ2) is 20.3. The molecule has 3 fully saturated rings. The first kappa shape index (κ1) is 39.2. The molecule has 268 valence electrons. The predicted octanol–water partition coefficient (Wildman–Crippen LogP) is 12.9. The summed E-state index contributed by atoms with van der Waals surface area (Å²) in [6.07, 6.45) is 35.4. The van der Waals surface area contributed by atoms with Crippen LogP contribution in [0.25, 0.3) is 0 Å². The standard InChI is InChI=1S/C43H78INO/c1-6-12-41(34(5)43(28-29-43)39-23-25-40(44)26-24-39)45-30-27-36-18-21-37(22-19-36)42(46)31-38(32(2)3)20-17-33(4)13-10-11-16-35-14-8-7-9-15-35/h21,32-36,38-42,45-46H,6-20,22-31H2,1-5H3/t33-,34+,36?,38+,39?,40?,41?,42+/m1/s1. The van der Waals surface area contributed by atoms with Crippen LogP contribution >= 0.6 is 22.6 Å². The van der Waals surface area contributed by atoms with E-state index in [4.69, 9.17) is 0 Å². The summed E-state index contributed by atoms with van der Waals surface area (Å²) in [5.74, 6) is 5.77. The van der Waals surface area contributed by atoms with E-state index in [1.807, 2.05) is 0 Å². The number of unbranched alkanes of at least 4 members (excludes halogenated alkanes) is 1. The van der Waals surface area contributed by atoms with E-state index < -0.39 is 0 Å². The molecule has 0 aliphatic heterocycles. The maximum atomic E-state index is 11.3. The third-order valence-corrected chi connectivity index (χ3v) is 15.4. The van der Waals surface area contributed by atoms with E-state index in [0.717, 1.165) is 46.4 Å². The van der Waals surface area contributed by atoms with Crippen LogP contribution in [0.15, 0.2) is 11.6 Å². The summed E-state index contributed by atoms with van der Waals surface area (Å²) in [6, 6.07) is 0.693. The number of aliphatic hydroxyl groups is 1. The average Bonchev–Trinajstić information content (AvgIpc) is 3.87. The highest BCUT2D eigenvalue weighted by Crippen LogP contribution is 2.62. The Morgan fingerprint density at radius 1 is 0.848 bits per heavy atom. The van der Waals surface area contributed by atoms with Crippen LogP contribution in [0.3, 0.4) is 0 Å². The second-order valence-electron chi connectivity index (χ2n) is 17.8. The fourth-order valence-electron chi connectivity index (χ4n) is 10.4. The molecule has 4 aliphatic carbocycles. The molecular weight excluding hydrogens is 673 g/mol. The molecule has 46 heavy (non-hydrogen) atoms. The van der Waals surface area contributed by atoms with E-state index >= 15 is 0 Å². The van der Waals surface area contributed by atoms with Gasteiger partial charge >= 0.3 is 0 Å². The van der Waals surface area contributed by atoms with Crippen molar-refractivity contribution in [3.05, 3.63) is 11.6 Å². The second-order valence-corrected chi connectivity index (χ2v) is 19.5. The molecule has 0 saturated heterocycles. The van der Waals surface area contributed by atoms with Crippen LogP contribution in [-0.2, 0) is 0 Å². The van der Waals surface area contributed by atoms with Gasteiger partial charge in [0.25, 0.3) is 0 Å². The van der Waals surface area contributed by atoms with Gasteiger partial charge in [-0.2, -0.15) is 0 Å². The van der Waals surface area contributed by atoms with Crippen molar-refractivity contribution in [2.24, 2.45) is 46.8 Å². The molecule has 3 saturated carbocycles. The molecule has 0 aromatic heterocycles. The molecule has 0 aromatic carbocycles. The SMILES string of the molecule is CCCC(NCCC1CC=C([C@@H](O)C[C@H](CC[C@H](C)CCCCC2CCCCC2)C(C)C)CC1)[C@H](C)C1(C2CCC(I)CC2)CC1. The minimum absolute atomic E-state index is 0.218. The van der Waals surface area contributed by atoms with Crippen molar-refractivity contribution in [3.8, 4) is 0 Å². The minimum atomic E-state index is -0.218. The quantitative estimate of drug-likeness (QED) is 0.0530. The van der Waals surface area contributed by atoms with E-state index in [1.165, 1.54) is 153 Å². The van der Waals surface area contributed by atoms with E-state index in [2.05, 4.69) is 68.6 Å². The fourth-order valence-corrected chi connectivity index (χ4v) is 11.1. The third-order valence-electron chi connectivity index (χ3n) is 14.1. The fraction of sp³-hybridized carbons (Fsp3) is 0.953. The van der Waals surface area contributed by atoms with Crippen LogP contribution in [-0.4, -0.2) is 27.7 Å². The molecule has 4 rings (SSSR count). The molecule has 0 aromatic rings. The minimum Gasteiger partial charge on any atom is -0.389 e. The van der Waals surface area contributed by atoms with Crippen LogP contribution in [0.5, 0.6) is 0 Å². The Hall–Kier alpha value is 0.390. The Labute approximate surface area is 301 Å². The van der Waals surface area contributed by atoms with Crippen molar-refractivity contribution in [2.45, 2.75) is 205 Å². The van der Waals surface area contributed by atoms with Crippen molar-refractivity contribution in [2.75, 3.05) is 6.54 Å². The summed E-state index contributed by atoms with van der Waals surface area (Å²) in [6.45, 7) is 13.4. The lowest BCUT2D eigenvalue weighted by atomic mass is 9.69. The van der Waals surface area contributed by atoms with Gasteiger partial charge in [0.2, 0.25) is 0 Å². The molecule has 0 spiro atoms. The van der Waals surface area contributed by atoms with Crippen molar-refractivity contribution >= 4 is 22.6 Å². The van der Waals surface area contributed by atoms with E-state index in [0.29, 0.717) is 23.3 Å². The molecular formula is C43H78INO. The van der Waals surface area contributed by atoms with Crippen LogP contribution in [0.4, 0.5) is 0 Å². The smallest absolute Gasteiger partial charge is 0.0752 e. The van der Waals surface area contributed by atoms with Crippen molar-refractivity contribution in [1.29, 1.82) is 0 Å². The Bertz CT molecular complexity index is 851. The molecule has 0 radical (unpaired) electrons. The summed E-state index contributed by atoms with van der Waals surface area (Å²) in [7, 11) is 0. The van der Waals surface area contributed by atoms with Crippen molar-refractivity contribution < 1.29 is 5.11 Å². The van der Waals surface area contributed by atoms with Crippen molar-refractivity contribution in [3.63, 3.8) is 0 Å². The van der Waals surface area contributed by atoms with Gasteiger partial charge in [-0.1, -0.05) is 134 Å². The summed E-state index contributed by atoms with van der Waals surface area (Å²) in [5, 5.41) is 15.5. The molecule has 4 aliphatic rings. The van der Waals surface area contributed by atoms with Crippen LogP contribution in [0.2, 0.25) is 0 Å². The van der Waals surface area contributed by atoms with Gasteiger partial charge in [-0.15, -0.1) is 0 Å². The number of alkyl halides is 1. The average molecular weight is 752 g/mol. The van der Waals surface area contributed by atoms with Gasteiger partial charge in [-0.3, -0.25) is 0 Å². The molecule has 2 nitrogen and oxygen atoms in total. The van der Waals surface area contributed by atoms with Gasteiger partial charge in [0.15, 0.2) is 0 Å². The van der Waals surface area contributed by atoms with Gasteiger partial charge in [0.1, 0.15) is 0 Å². The van der Waals surface area contributed by atoms with Gasteiger partial charge in [0, 0.05) is 9.97 Å². The topological polar surface area (TPSA) is 32.3 Å². The lowest BCUT2D eigenvalue weighted by Crippen LogP contribution is -2.43. The molecule has 0 amide bonds. The van der Waals surface area contributed by atoms with Crippen LogP contribution in [0.1, 0.15) is 189 Å². The summed E-state index contributed by atoms with van der Waals surface area (Å²) in [4.78, 5) is 0. The predicted molar refractivity (Wildman–Crippen MR) is 210 cm³/mol. The van der Waals surface area contributed by atoms with E-state index in [-0.39, 0.29) is 6.10 Å². The molecule has 6 atom stereocenters. The highest BCUT2D eigenvalue weighted by Gasteiger charge is 2.54. The lowest BCUT2D eigenvalue weighted by molar-refractivity contribution is 0.129. The maximum absolute atomic E-state index is 11.3. The number of nitrogens with one attached hydrogen (secondary N) is 1. The molecule has 2 N–H and O–H groups in total. The van der Waals surface area contributed by atoms with Gasteiger partial charge in [-0.05, 0) is 142 Å². The van der Waals surface area contributed by atoms with Crippen LogP contribution in [0, 0.1) is 46.8 Å². The number of rotatable bonds is 21. The number of allylic oxidation sites excluding steroid dienone is 1. The van der Waals surface area contributed by atoms with E-state index in [9.17, 15) is 5.11 Å². The monoisotopic (exact) mass is 752 g/mol. The Balaban J connectivity index is 1.13.